The van der Waals surface area contributed by atoms with Crippen molar-refractivity contribution in [2.75, 3.05) is 7.11 Å². The lowest BCUT2D eigenvalue weighted by Crippen LogP contribution is -2.24. The highest BCUT2D eigenvalue weighted by Gasteiger charge is 2.31. The number of rotatable bonds is 3. The maximum Gasteiger partial charge on any atom is 0.240 e. The minimum atomic E-state index is -0.0441. The van der Waals surface area contributed by atoms with Crippen LogP contribution >= 0.6 is 0 Å². The first-order chi connectivity index (χ1) is 10.7. The van der Waals surface area contributed by atoms with Crippen molar-refractivity contribution in [3.63, 3.8) is 0 Å². The summed E-state index contributed by atoms with van der Waals surface area (Å²) >= 11 is 0. The molecule has 0 spiro atoms. The Kier molecular flexibility index (Phi) is 3.92. The van der Waals surface area contributed by atoms with Crippen LogP contribution in [0.3, 0.4) is 0 Å². The van der Waals surface area contributed by atoms with Crippen LogP contribution in [-0.2, 0) is 4.79 Å². The highest BCUT2D eigenvalue weighted by molar-refractivity contribution is 6.03. The molecule has 4 heteroatoms. The largest absolute Gasteiger partial charge is 0.497 e. The van der Waals surface area contributed by atoms with Gasteiger partial charge in [0.2, 0.25) is 5.91 Å². The van der Waals surface area contributed by atoms with Crippen molar-refractivity contribution in [1.82, 2.24) is 5.01 Å². The standard InChI is InChI=1S/C18H18N2O2/c1-13(21)20-18(15-6-4-3-5-7-15)12-17(19-20)14-8-10-16(22-2)11-9-14/h3-11,18H,12H2,1-2H3/t18-/m0/s1. The minimum absolute atomic E-state index is 0.0317. The van der Waals surface area contributed by atoms with Crippen LogP contribution in [0.25, 0.3) is 0 Å². The molecule has 1 atom stereocenters. The lowest BCUT2D eigenvalue weighted by atomic mass is 9.98. The minimum Gasteiger partial charge on any atom is -0.497 e. The Bertz CT molecular complexity index is 693. The summed E-state index contributed by atoms with van der Waals surface area (Å²) in [6.07, 6.45) is 0.718. The topological polar surface area (TPSA) is 41.9 Å². The average Bonchev–Trinajstić information content (AvgIpc) is 3.01. The van der Waals surface area contributed by atoms with Crippen LogP contribution in [-0.4, -0.2) is 23.7 Å². The van der Waals surface area contributed by atoms with Crippen LogP contribution in [0.1, 0.15) is 30.5 Å². The molecule has 2 aromatic rings. The van der Waals surface area contributed by atoms with E-state index in [-0.39, 0.29) is 11.9 Å². The smallest absolute Gasteiger partial charge is 0.240 e. The number of hydrazone groups is 1. The number of benzene rings is 2. The third-order valence-corrected chi connectivity index (χ3v) is 3.84. The van der Waals surface area contributed by atoms with Gasteiger partial charge in [0.05, 0.1) is 18.9 Å². The van der Waals surface area contributed by atoms with Gasteiger partial charge < -0.3 is 4.74 Å². The molecule has 1 aliphatic heterocycles. The Morgan fingerprint density at radius 1 is 1.14 bits per heavy atom. The van der Waals surface area contributed by atoms with Gasteiger partial charge in [-0.15, -0.1) is 0 Å². The molecule has 1 amide bonds. The number of carbonyl (C=O) groups excluding carboxylic acids is 1. The van der Waals surface area contributed by atoms with Gasteiger partial charge >= 0.3 is 0 Å². The maximum atomic E-state index is 11.9. The van der Waals surface area contributed by atoms with Crippen molar-refractivity contribution >= 4 is 11.6 Å². The third kappa shape index (κ3) is 2.72. The summed E-state index contributed by atoms with van der Waals surface area (Å²) in [6.45, 7) is 1.55. The van der Waals surface area contributed by atoms with Gasteiger partial charge in [-0.05, 0) is 35.4 Å². The van der Waals surface area contributed by atoms with Crippen LogP contribution in [0, 0.1) is 0 Å². The van der Waals surface area contributed by atoms with Crippen LogP contribution in [0.2, 0.25) is 0 Å². The molecule has 4 nitrogen and oxygen atoms in total. The Balaban J connectivity index is 1.90. The van der Waals surface area contributed by atoms with Crippen LogP contribution in [0.5, 0.6) is 5.75 Å². The SMILES string of the molecule is COc1ccc(C2=NN(C(C)=O)[C@H](c3ccccc3)C2)cc1. The van der Waals surface area contributed by atoms with Crippen LogP contribution in [0.4, 0.5) is 0 Å². The van der Waals surface area contributed by atoms with Crippen molar-refractivity contribution < 1.29 is 9.53 Å². The summed E-state index contributed by atoms with van der Waals surface area (Å²) in [6, 6.07) is 17.8. The number of hydrogen-bond donors (Lipinski definition) is 0. The summed E-state index contributed by atoms with van der Waals surface area (Å²) in [7, 11) is 1.64. The van der Waals surface area contributed by atoms with Crippen molar-refractivity contribution in [2.24, 2.45) is 5.10 Å². The van der Waals surface area contributed by atoms with E-state index in [9.17, 15) is 4.79 Å². The lowest BCUT2D eigenvalue weighted by molar-refractivity contribution is -0.130. The molecule has 0 N–H and O–H groups in total. The second-order valence-corrected chi connectivity index (χ2v) is 5.27. The molecule has 22 heavy (non-hydrogen) atoms. The van der Waals surface area contributed by atoms with E-state index in [2.05, 4.69) is 5.10 Å². The second-order valence-electron chi connectivity index (χ2n) is 5.27. The number of methoxy groups -OCH3 is 1. The number of ether oxygens (including phenoxy) is 1. The highest BCUT2D eigenvalue weighted by Crippen LogP contribution is 2.32. The lowest BCUT2D eigenvalue weighted by Gasteiger charge is -2.20. The zero-order valence-electron chi connectivity index (χ0n) is 12.7. The molecule has 0 fully saturated rings. The molecular weight excluding hydrogens is 276 g/mol. The van der Waals surface area contributed by atoms with E-state index in [0.717, 1.165) is 29.0 Å². The first kappa shape index (κ1) is 14.3. The van der Waals surface area contributed by atoms with Crippen LogP contribution < -0.4 is 4.74 Å². The fourth-order valence-electron chi connectivity index (χ4n) is 2.69. The normalized spacial score (nSPS) is 17.3. The van der Waals surface area contributed by atoms with Crippen molar-refractivity contribution in [1.29, 1.82) is 0 Å². The molecule has 2 aromatic carbocycles. The van der Waals surface area contributed by atoms with Gasteiger partial charge in [0.25, 0.3) is 0 Å². The zero-order valence-corrected chi connectivity index (χ0v) is 12.7. The molecule has 112 valence electrons. The molecule has 1 heterocycles. The summed E-state index contributed by atoms with van der Waals surface area (Å²) < 4.78 is 5.18. The van der Waals surface area contributed by atoms with Gasteiger partial charge in [-0.2, -0.15) is 5.10 Å². The van der Waals surface area contributed by atoms with E-state index < -0.39 is 0 Å². The first-order valence-corrected chi connectivity index (χ1v) is 7.25. The fourth-order valence-corrected chi connectivity index (χ4v) is 2.69. The number of carbonyl (C=O) groups is 1. The first-order valence-electron chi connectivity index (χ1n) is 7.25. The van der Waals surface area contributed by atoms with Crippen molar-refractivity contribution in [3.8, 4) is 5.75 Å². The Hall–Kier alpha value is -2.62. The molecule has 0 saturated heterocycles. The Labute approximate surface area is 130 Å². The molecule has 0 saturated carbocycles. The van der Waals surface area contributed by atoms with Gasteiger partial charge in [-0.1, -0.05) is 30.3 Å². The van der Waals surface area contributed by atoms with E-state index in [1.165, 1.54) is 0 Å². The van der Waals surface area contributed by atoms with Gasteiger partial charge in [-0.25, -0.2) is 5.01 Å². The predicted molar refractivity (Wildman–Crippen MR) is 85.9 cm³/mol. The molecule has 1 aliphatic rings. The van der Waals surface area contributed by atoms with Crippen molar-refractivity contribution in [3.05, 3.63) is 65.7 Å². The monoisotopic (exact) mass is 294 g/mol. The second kappa shape index (κ2) is 6.02. The quantitative estimate of drug-likeness (QED) is 0.870. The molecule has 0 radical (unpaired) electrons. The van der Waals surface area contributed by atoms with Crippen molar-refractivity contribution in [2.45, 2.75) is 19.4 Å². The number of amides is 1. The van der Waals surface area contributed by atoms with Crippen LogP contribution in [0.15, 0.2) is 59.7 Å². The number of nitrogens with zero attached hydrogens (tertiary/aromatic N) is 2. The molecule has 0 unspecified atom stereocenters. The molecule has 0 bridgehead atoms. The van der Waals surface area contributed by atoms with Gasteiger partial charge in [0.15, 0.2) is 0 Å². The predicted octanol–water partition coefficient (Wildman–Crippen LogP) is 3.39. The molecule has 0 aromatic heterocycles. The fraction of sp³-hybridized carbons (Fsp3) is 0.222. The summed E-state index contributed by atoms with van der Waals surface area (Å²) in [5.41, 5.74) is 3.04. The zero-order chi connectivity index (χ0) is 15.5. The van der Waals surface area contributed by atoms with E-state index >= 15 is 0 Å². The Morgan fingerprint density at radius 2 is 1.82 bits per heavy atom. The summed E-state index contributed by atoms with van der Waals surface area (Å²) in [5.74, 6) is 0.766. The van der Waals surface area contributed by atoms with E-state index in [1.54, 1.807) is 19.0 Å². The molecule has 0 aliphatic carbocycles. The van der Waals surface area contributed by atoms with Gasteiger partial charge in [0, 0.05) is 13.3 Å². The number of hydrogen-bond acceptors (Lipinski definition) is 3. The summed E-state index contributed by atoms with van der Waals surface area (Å²) in [5, 5.41) is 6.11. The summed E-state index contributed by atoms with van der Waals surface area (Å²) in [4.78, 5) is 11.9. The van der Waals surface area contributed by atoms with Gasteiger partial charge in [-0.3, -0.25) is 4.79 Å². The van der Waals surface area contributed by atoms with E-state index in [4.69, 9.17) is 4.74 Å². The Morgan fingerprint density at radius 3 is 2.41 bits per heavy atom. The van der Waals surface area contributed by atoms with E-state index in [0.29, 0.717) is 0 Å². The average molecular weight is 294 g/mol. The maximum absolute atomic E-state index is 11.9. The highest BCUT2D eigenvalue weighted by atomic mass is 16.5. The van der Waals surface area contributed by atoms with E-state index in [1.807, 2.05) is 54.6 Å². The van der Waals surface area contributed by atoms with Gasteiger partial charge in [0.1, 0.15) is 5.75 Å². The third-order valence-electron chi connectivity index (χ3n) is 3.84. The molecular formula is C18H18N2O2. The molecule has 3 rings (SSSR count).